The summed E-state index contributed by atoms with van der Waals surface area (Å²) >= 11 is 3.23. The number of allylic oxidation sites excluding steroid dienone is 1. The lowest BCUT2D eigenvalue weighted by atomic mass is 10.1. The summed E-state index contributed by atoms with van der Waals surface area (Å²) in [7, 11) is 1.12. The molecule has 1 rings (SSSR count). The van der Waals surface area contributed by atoms with E-state index in [1.165, 1.54) is 0 Å². The largest absolute Gasteiger partial charge is 0.502 e. The first-order valence-electron chi connectivity index (χ1n) is 4.33. The number of hydrogen-bond acceptors (Lipinski definition) is 4. The lowest BCUT2D eigenvalue weighted by molar-refractivity contribution is -0.139. The number of carbonyl (C=O) groups is 2. The maximum Gasteiger partial charge on any atom is 0.373 e. The normalized spacial score (nSPS) is 11.0. The maximum atomic E-state index is 11.5. The smallest absolute Gasteiger partial charge is 0.373 e. The van der Waals surface area contributed by atoms with Crippen molar-refractivity contribution in [2.45, 2.75) is 0 Å². The van der Waals surface area contributed by atoms with E-state index in [1.807, 2.05) is 0 Å². The molecule has 0 atom stereocenters. The molecule has 1 aromatic rings. The molecule has 16 heavy (non-hydrogen) atoms. The van der Waals surface area contributed by atoms with Gasteiger partial charge in [0.05, 0.1) is 7.11 Å². The topological polar surface area (TPSA) is 63.6 Å². The lowest BCUT2D eigenvalue weighted by Gasteiger charge is -1.98. The van der Waals surface area contributed by atoms with Crippen molar-refractivity contribution in [1.29, 1.82) is 0 Å². The number of hydrogen-bond donors (Lipinski definition) is 1. The van der Waals surface area contributed by atoms with Crippen LogP contribution in [0.4, 0.5) is 0 Å². The van der Waals surface area contributed by atoms with Crippen molar-refractivity contribution >= 4 is 27.7 Å². The summed E-state index contributed by atoms with van der Waals surface area (Å²) in [6, 6.07) is 6.54. The van der Waals surface area contributed by atoms with Gasteiger partial charge in [0.25, 0.3) is 0 Å². The first-order valence-corrected chi connectivity index (χ1v) is 5.12. The minimum atomic E-state index is -0.939. The predicted molar refractivity (Wildman–Crippen MR) is 61.2 cm³/mol. The second-order valence-corrected chi connectivity index (χ2v) is 3.81. The van der Waals surface area contributed by atoms with Gasteiger partial charge in [0.1, 0.15) is 0 Å². The molecule has 0 heterocycles. The van der Waals surface area contributed by atoms with E-state index >= 15 is 0 Å². The Hall–Kier alpha value is -1.62. The standard InChI is InChI=1S/C11H9BrO4/c1-16-11(15)10(14)6-9(13)7-2-4-8(12)5-3-7/h2-6,14H,1H3. The van der Waals surface area contributed by atoms with Crippen LogP contribution in [0.15, 0.2) is 40.6 Å². The number of ketones is 1. The Kier molecular flexibility index (Phi) is 4.25. The summed E-state index contributed by atoms with van der Waals surface area (Å²) in [6.45, 7) is 0. The van der Waals surface area contributed by atoms with Crippen LogP contribution in [0.1, 0.15) is 10.4 Å². The monoisotopic (exact) mass is 284 g/mol. The predicted octanol–water partition coefficient (Wildman–Crippen LogP) is 2.25. The average Bonchev–Trinajstić information content (AvgIpc) is 2.28. The fourth-order valence-electron chi connectivity index (χ4n) is 0.985. The molecule has 0 aliphatic rings. The zero-order valence-corrected chi connectivity index (χ0v) is 10.0. The van der Waals surface area contributed by atoms with Gasteiger partial charge in [-0.2, -0.15) is 0 Å². The summed E-state index contributed by atoms with van der Waals surface area (Å²) in [6.07, 6.45) is 0.828. The molecule has 0 radical (unpaired) electrons. The van der Waals surface area contributed by atoms with Gasteiger partial charge in [0, 0.05) is 16.1 Å². The number of methoxy groups -OCH3 is 1. The number of aliphatic hydroxyl groups is 1. The molecule has 0 spiro atoms. The van der Waals surface area contributed by atoms with E-state index in [2.05, 4.69) is 20.7 Å². The molecule has 1 aromatic carbocycles. The Morgan fingerprint density at radius 2 is 1.88 bits per heavy atom. The van der Waals surface area contributed by atoms with E-state index < -0.39 is 17.5 Å². The number of aliphatic hydroxyl groups excluding tert-OH is 1. The molecule has 0 unspecified atom stereocenters. The Balaban J connectivity index is 2.87. The fraction of sp³-hybridized carbons (Fsp3) is 0.0909. The molecule has 0 aliphatic carbocycles. The summed E-state index contributed by atoms with van der Waals surface area (Å²) in [5, 5.41) is 9.16. The van der Waals surface area contributed by atoms with Crippen LogP contribution in [0.2, 0.25) is 0 Å². The third-order valence-corrected chi connectivity index (χ3v) is 2.32. The average molecular weight is 285 g/mol. The van der Waals surface area contributed by atoms with E-state index in [1.54, 1.807) is 24.3 Å². The quantitative estimate of drug-likeness (QED) is 0.400. The Labute approximate surface area is 101 Å². The zero-order chi connectivity index (χ0) is 12.1. The number of halogens is 1. The molecule has 0 fully saturated rings. The van der Waals surface area contributed by atoms with Gasteiger partial charge in [-0.1, -0.05) is 15.9 Å². The minimum absolute atomic E-state index is 0.374. The third kappa shape index (κ3) is 3.20. The third-order valence-electron chi connectivity index (χ3n) is 1.79. The van der Waals surface area contributed by atoms with Gasteiger partial charge >= 0.3 is 5.97 Å². The molecule has 84 valence electrons. The van der Waals surface area contributed by atoms with Gasteiger partial charge in [-0.25, -0.2) is 4.79 Å². The molecule has 1 N–H and O–H groups in total. The molecule has 4 nitrogen and oxygen atoms in total. The fourth-order valence-corrected chi connectivity index (χ4v) is 1.25. The summed E-state index contributed by atoms with van der Waals surface area (Å²) in [5.74, 6) is -2.11. The number of esters is 1. The van der Waals surface area contributed by atoms with Crippen LogP contribution < -0.4 is 0 Å². The van der Waals surface area contributed by atoms with Crippen LogP contribution in [-0.4, -0.2) is 24.0 Å². The van der Waals surface area contributed by atoms with Crippen molar-refractivity contribution in [3.8, 4) is 0 Å². The van der Waals surface area contributed by atoms with E-state index in [0.717, 1.165) is 17.7 Å². The maximum absolute atomic E-state index is 11.5. The second-order valence-electron chi connectivity index (χ2n) is 2.89. The molecule has 0 aliphatic heterocycles. The molecule has 0 saturated carbocycles. The van der Waals surface area contributed by atoms with E-state index in [0.29, 0.717) is 5.56 Å². The Morgan fingerprint density at radius 1 is 1.31 bits per heavy atom. The van der Waals surface area contributed by atoms with E-state index in [-0.39, 0.29) is 0 Å². The van der Waals surface area contributed by atoms with Crippen LogP contribution in [-0.2, 0) is 9.53 Å². The van der Waals surface area contributed by atoms with Gasteiger partial charge in [0.15, 0.2) is 5.78 Å². The highest BCUT2D eigenvalue weighted by Crippen LogP contribution is 2.11. The highest BCUT2D eigenvalue weighted by atomic mass is 79.9. The summed E-state index contributed by atoms with van der Waals surface area (Å²) in [5.41, 5.74) is 0.374. The molecule has 5 heteroatoms. The van der Waals surface area contributed by atoms with Crippen LogP contribution in [0, 0.1) is 0 Å². The van der Waals surface area contributed by atoms with Crippen molar-refractivity contribution < 1.29 is 19.4 Å². The molecular weight excluding hydrogens is 276 g/mol. The SMILES string of the molecule is COC(=O)C(O)=CC(=O)c1ccc(Br)cc1. The molecule has 0 saturated heterocycles. The molecular formula is C11H9BrO4. The minimum Gasteiger partial charge on any atom is -0.502 e. The van der Waals surface area contributed by atoms with Gasteiger partial charge in [0.2, 0.25) is 5.76 Å². The Morgan fingerprint density at radius 3 is 2.38 bits per heavy atom. The van der Waals surface area contributed by atoms with Gasteiger partial charge < -0.3 is 9.84 Å². The number of ether oxygens (including phenoxy) is 1. The molecule has 0 aromatic heterocycles. The van der Waals surface area contributed by atoms with Crippen LogP contribution in [0.25, 0.3) is 0 Å². The van der Waals surface area contributed by atoms with Gasteiger partial charge in [-0.05, 0) is 24.3 Å². The van der Waals surface area contributed by atoms with E-state index in [9.17, 15) is 9.59 Å². The molecule has 0 amide bonds. The number of rotatable bonds is 3. The van der Waals surface area contributed by atoms with Crippen molar-refractivity contribution in [2.24, 2.45) is 0 Å². The van der Waals surface area contributed by atoms with Crippen LogP contribution in [0.5, 0.6) is 0 Å². The number of carbonyl (C=O) groups excluding carboxylic acids is 2. The van der Waals surface area contributed by atoms with E-state index in [4.69, 9.17) is 5.11 Å². The lowest BCUT2D eigenvalue weighted by Crippen LogP contribution is -2.06. The zero-order valence-electron chi connectivity index (χ0n) is 8.44. The van der Waals surface area contributed by atoms with Gasteiger partial charge in [-0.3, -0.25) is 4.79 Å². The van der Waals surface area contributed by atoms with Gasteiger partial charge in [-0.15, -0.1) is 0 Å². The van der Waals surface area contributed by atoms with Crippen LogP contribution in [0.3, 0.4) is 0 Å². The van der Waals surface area contributed by atoms with Crippen molar-refractivity contribution in [1.82, 2.24) is 0 Å². The number of benzene rings is 1. The van der Waals surface area contributed by atoms with Crippen molar-refractivity contribution in [2.75, 3.05) is 7.11 Å². The highest BCUT2D eigenvalue weighted by Gasteiger charge is 2.10. The summed E-state index contributed by atoms with van der Waals surface area (Å²) < 4.78 is 5.09. The highest BCUT2D eigenvalue weighted by molar-refractivity contribution is 9.10. The molecule has 0 bridgehead atoms. The van der Waals surface area contributed by atoms with Crippen molar-refractivity contribution in [3.63, 3.8) is 0 Å². The first kappa shape index (κ1) is 12.4. The second kappa shape index (κ2) is 5.46. The van der Waals surface area contributed by atoms with Crippen molar-refractivity contribution in [3.05, 3.63) is 46.1 Å². The Bertz CT molecular complexity index is 434. The summed E-state index contributed by atoms with van der Waals surface area (Å²) in [4.78, 5) is 22.4. The van der Waals surface area contributed by atoms with Crippen LogP contribution >= 0.6 is 15.9 Å². The first-order chi connectivity index (χ1) is 7.54.